The van der Waals surface area contributed by atoms with Gasteiger partial charge in [0.1, 0.15) is 5.82 Å². The Labute approximate surface area is 85.1 Å². The molecule has 0 aromatic heterocycles. The quantitative estimate of drug-likeness (QED) is 0.601. The number of nitro benzene ring substituents is 1. The third kappa shape index (κ3) is 2.28. The lowest BCUT2D eigenvalue weighted by atomic mass is 10.1. The lowest BCUT2D eigenvalue weighted by Crippen LogP contribution is -2.10. The molecular formula is C9H9FN2O3. The molecule has 0 spiro atoms. The molecule has 1 aromatic rings. The summed E-state index contributed by atoms with van der Waals surface area (Å²) in [5.41, 5.74) is -0.257. The maximum atomic E-state index is 13.2. The van der Waals surface area contributed by atoms with E-state index in [1.165, 1.54) is 13.8 Å². The van der Waals surface area contributed by atoms with Gasteiger partial charge >= 0.3 is 0 Å². The van der Waals surface area contributed by atoms with Gasteiger partial charge in [0.15, 0.2) is 0 Å². The van der Waals surface area contributed by atoms with Crippen LogP contribution in [0.25, 0.3) is 0 Å². The summed E-state index contributed by atoms with van der Waals surface area (Å²) in [5, 5.41) is 12.8. The van der Waals surface area contributed by atoms with Crippen molar-refractivity contribution in [1.82, 2.24) is 0 Å². The van der Waals surface area contributed by atoms with Gasteiger partial charge in [-0.2, -0.15) is 0 Å². The predicted molar refractivity (Wildman–Crippen MR) is 52.1 cm³/mol. The summed E-state index contributed by atoms with van der Waals surface area (Å²) >= 11 is 0. The van der Waals surface area contributed by atoms with Gasteiger partial charge in [0, 0.05) is 13.0 Å². The van der Waals surface area contributed by atoms with Crippen molar-refractivity contribution in [3.05, 3.63) is 33.6 Å². The van der Waals surface area contributed by atoms with Crippen LogP contribution in [0.4, 0.5) is 15.8 Å². The average Bonchev–Trinajstić information content (AvgIpc) is 2.11. The van der Waals surface area contributed by atoms with E-state index in [4.69, 9.17) is 0 Å². The first kappa shape index (κ1) is 11.1. The van der Waals surface area contributed by atoms with Crippen molar-refractivity contribution in [1.29, 1.82) is 0 Å². The molecule has 15 heavy (non-hydrogen) atoms. The van der Waals surface area contributed by atoms with Crippen LogP contribution in [0.5, 0.6) is 0 Å². The van der Waals surface area contributed by atoms with Gasteiger partial charge in [-0.25, -0.2) is 4.39 Å². The molecule has 0 unspecified atom stereocenters. The summed E-state index contributed by atoms with van der Waals surface area (Å²) in [6.07, 6.45) is 0. The Hall–Kier alpha value is -1.98. The van der Waals surface area contributed by atoms with Crippen molar-refractivity contribution < 1.29 is 14.1 Å². The Balaban J connectivity index is 3.29. The molecule has 1 rings (SSSR count). The lowest BCUT2D eigenvalue weighted by Gasteiger charge is -2.07. The largest absolute Gasteiger partial charge is 0.323 e. The fourth-order valence-electron chi connectivity index (χ4n) is 1.19. The molecule has 0 aliphatic rings. The summed E-state index contributed by atoms with van der Waals surface area (Å²) < 4.78 is 13.2. The van der Waals surface area contributed by atoms with Crippen LogP contribution in [0.1, 0.15) is 12.5 Å². The lowest BCUT2D eigenvalue weighted by molar-refractivity contribution is -0.385. The van der Waals surface area contributed by atoms with Crippen LogP contribution in [0, 0.1) is 22.9 Å². The van der Waals surface area contributed by atoms with Crippen LogP contribution >= 0.6 is 0 Å². The monoisotopic (exact) mass is 212 g/mol. The fourth-order valence-corrected chi connectivity index (χ4v) is 1.19. The van der Waals surface area contributed by atoms with E-state index in [-0.39, 0.29) is 16.9 Å². The molecule has 0 bridgehead atoms. The first-order valence-electron chi connectivity index (χ1n) is 4.14. The number of nitrogens with one attached hydrogen (secondary N) is 1. The Morgan fingerprint density at radius 2 is 2.13 bits per heavy atom. The van der Waals surface area contributed by atoms with Crippen LogP contribution < -0.4 is 5.32 Å². The van der Waals surface area contributed by atoms with Gasteiger partial charge in [-0.15, -0.1) is 0 Å². The van der Waals surface area contributed by atoms with Gasteiger partial charge in [-0.1, -0.05) is 0 Å². The van der Waals surface area contributed by atoms with Gasteiger partial charge in [-0.05, 0) is 13.0 Å². The van der Waals surface area contributed by atoms with E-state index in [1.807, 2.05) is 0 Å². The van der Waals surface area contributed by atoms with Gasteiger partial charge in [0.25, 0.3) is 5.69 Å². The van der Waals surface area contributed by atoms with E-state index in [2.05, 4.69) is 5.32 Å². The number of hydrogen-bond donors (Lipinski definition) is 1. The number of halogens is 1. The molecule has 0 aliphatic heterocycles. The Bertz CT molecular complexity index is 432. The molecule has 1 amide bonds. The highest BCUT2D eigenvalue weighted by molar-refractivity contribution is 5.90. The van der Waals surface area contributed by atoms with Gasteiger partial charge in [-0.3, -0.25) is 14.9 Å². The number of nitro groups is 1. The Morgan fingerprint density at radius 3 is 2.60 bits per heavy atom. The van der Waals surface area contributed by atoms with Gasteiger partial charge in [0.2, 0.25) is 5.91 Å². The number of carbonyl (C=O) groups is 1. The molecule has 1 aromatic carbocycles. The summed E-state index contributed by atoms with van der Waals surface area (Å²) in [7, 11) is 0. The fraction of sp³-hybridized carbons (Fsp3) is 0.222. The minimum atomic E-state index is -0.687. The third-order valence-electron chi connectivity index (χ3n) is 1.88. The predicted octanol–water partition coefficient (Wildman–Crippen LogP) is 2.00. The molecule has 0 radical (unpaired) electrons. The zero-order valence-corrected chi connectivity index (χ0v) is 8.20. The molecule has 0 heterocycles. The van der Waals surface area contributed by atoms with Crippen molar-refractivity contribution in [2.75, 3.05) is 5.32 Å². The minimum Gasteiger partial charge on any atom is -0.323 e. The Kier molecular flexibility index (Phi) is 2.99. The molecule has 0 atom stereocenters. The third-order valence-corrected chi connectivity index (χ3v) is 1.88. The van der Waals surface area contributed by atoms with E-state index >= 15 is 0 Å². The second kappa shape index (κ2) is 4.04. The van der Waals surface area contributed by atoms with Crippen LogP contribution in [0.3, 0.4) is 0 Å². The number of nitrogens with zero attached hydrogens (tertiary/aromatic N) is 1. The highest BCUT2D eigenvalue weighted by atomic mass is 19.1. The highest BCUT2D eigenvalue weighted by Gasteiger charge is 2.17. The van der Waals surface area contributed by atoms with Crippen LogP contribution in [-0.4, -0.2) is 10.8 Å². The number of rotatable bonds is 2. The highest BCUT2D eigenvalue weighted by Crippen LogP contribution is 2.27. The first-order valence-corrected chi connectivity index (χ1v) is 4.14. The van der Waals surface area contributed by atoms with Gasteiger partial charge < -0.3 is 5.32 Å². The zero-order chi connectivity index (χ0) is 11.6. The van der Waals surface area contributed by atoms with Crippen molar-refractivity contribution in [2.24, 2.45) is 0 Å². The molecule has 0 aliphatic carbocycles. The number of amides is 1. The van der Waals surface area contributed by atoms with Crippen LogP contribution in [0.2, 0.25) is 0 Å². The van der Waals surface area contributed by atoms with Crippen LogP contribution in [-0.2, 0) is 4.79 Å². The molecule has 0 saturated heterocycles. The second-order valence-corrected chi connectivity index (χ2v) is 3.00. The molecular weight excluding hydrogens is 203 g/mol. The average molecular weight is 212 g/mol. The molecule has 0 saturated carbocycles. The number of hydrogen-bond acceptors (Lipinski definition) is 3. The molecule has 6 heteroatoms. The van der Waals surface area contributed by atoms with Crippen molar-refractivity contribution in [3.63, 3.8) is 0 Å². The van der Waals surface area contributed by atoms with Crippen LogP contribution in [0.15, 0.2) is 12.1 Å². The SMILES string of the molecule is CC(=O)Nc1c(F)ccc([N+](=O)[O-])c1C. The van der Waals surface area contributed by atoms with E-state index in [0.717, 1.165) is 12.1 Å². The Morgan fingerprint density at radius 1 is 1.53 bits per heavy atom. The topological polar surface area (TPSA) is 72.2 Å². The number of carbonyl (C=O) groups excluding carboxylic acids is 1. The first-order chi connectivity index (χ1) is 6.93. The normalized spacial score (nSPS) is 9.80. The zero-order valence-electron chi connectivity index (χ0n) is 8.20. The minimum absolute atomic E-state index is 0.107. The van der Waals surface area contributed by atoms with E-state index in [0.29, 0.717) is 0 Å². The molecule has 0 fully saturated rings. The maximum Gasteiger partial charge on any atom is 0.274 e. The summed E-state index contributed by atoms with van der Waals surface area (Å²) in [4.78, 5) is 20.7. The second-order valence-electron chi connectivity index (χ2n) is 3.00. The summed E-state index contributed by atoms with van der Waals surface area (Å²) in [6.45, 7) is 2.59. The van der Waals surface area contributed by atoms with Crippen molar-refractivity contribution in [3.8, 4) is 0 Å². The number of benzene rings is 1. The van der Waals surface area contributed by atoms with E-state index in [9.17, 15) is 19.3 Å². The summed E-state index contributed by atoms with van der Waals surface area (Å²) in [6, 6.07) is 2.02. The number of anilines is 1. The van der Waals surface area contributed by atoms with Crippen molar-refractivity contribution in [2.45, 2.75) is 13.8 Å². The molecule has 1 N–H and O–H groups in total. The van der Waals surface area contributed by atoms with E-state index in [1.54, 1.807) is 0 Å². The van der Waals surface area contributed by atoms with Crippen molar-refractivity contribution >= 4 is 17.3 Å². The molecule has 80 valence electrons. The standard InChI is InChI=1S/C9H9FN2O3/c1-5-8(12(14)15)4-3-7(10)9(5)11-6(2)13/h3-4H,1-2H3,(H,11,13). The van der Waals surface area contributed by atoms with Gasteiger partial charge in [0.05, 0.1) is 16.2 Å². The maximum absolute atomic E-state index is 13.2. The smallest absolute Gasteiger partial charge is 0.274 e. The molecule has 5 nitrogen and oxygen atoms in total. The summed E-state index contributed by atoms with van der Waals surface area (Å²) in [5.74, 6) is -1.16. The van der Waals surface area contributed by atoms with E-state index < -0.39 is 16.6 Å².